The lowest BCUT2D eigenvalue weighted by Crippen LogP contribution is -2.44. The Balaban J connectivity index is 2.42. The van der Waals surface area contributed by atoms with Gasteiger partial charge >= 0.3 is 0 Å². The van der Waals surface area contributed by atoms with Crippen molar-refractivity contribution in [1.29, 1.82) is 0 Å². The van der Waals surface area contributed by atoms with Gasteiger partial charge in [0.1, 0.15) is 4.90 Å². The van der Waals surface area contributed by atoms with Crippen LogP contribution in [0.4, 0.5) is 5.69 Å². The fraction of sp³-hybridized carbons (Fsp3) is 0.545. The van der Waals surface area contributed by atoms with Gasteiger partial charge in [0, 0.05) is 52.7 Å². The first kappa shape index (κ1) is 13.3. The van der Waals surface area contributed by atoms with Crippen molar-refractivity contribution in [3.63, 3.8) is 0 Å². The van der Waals surface area contributed by atoms with Crippen LogP contribution in [0.2, 0.25) is 0 Å². The second-order valence-corrected chi connectivity index (χ2v) is 6.49. The molecule has 1 saturated heterocycles. The Bertz CT molecular complexity index is 510. The Morgan fingerprint density at radius 2 is 2.00 bits per heavy atom. The maximum Gasteiger partial charge on any atom is 0.246 e. The minimum absolute atomic E-state index is 0.275. The Morgan fingerprint density at radius 1 is 1.33 bits per heavy atom. The van der Waals surface area contributed by atoms with Gasteiger partial charge in [-0.25, -0.2) is 12.7 Å². The summed E-state index contributed by atoms with van der Waals surface area (Å²) in [6.07, 6.45) is 3.05. The van der Waals surface area contributed by atoms with Crippen LogP contribution in [-0.2, 0) is 10.0 Å². The molecular formula is C11H18N4O2S. The SMILES string of the molecule is CN(C)S(=O)(=O)c1cnccc1N1CCNCC1. The van der Waals surface area contributed by atoms with Crippen molar-refractivity contribution in [2.45, 2.75) is 4.90 Å². The highest BCUT2D eigenvalue weighted by atomic mass is 32.2. The van der Waals surface area contributed by atoms with Gasteiger partial charge in [-0.1, -0.05) is 0 Å². The van der Waals surface area contributed by atoms with E-state index in [1.54, 1.807) is 12.3 Å². The average Bonchev–Trinajstić information content (AvgIpc) is 2.39. The maximum atomic E-state index is 12.2. The van der Waals surface area contributed by atoms with E-state index in [1.807, 2.05) is 0 Å². The topological polar surface area (TPSA) is 65.5 Å². The van der Waals surface area contributed by atoms with Gasteiger partial charge in [-0.15, -0.1) is 0 Å². The highest BCUT2D eigenvalue weighted by molar-refractivity contribution is 7.89. The zero-order chi connectivity index (χ0) is 13.2. The second kappa shape index (κ2) is 5.21. The highest BCUT2D eigenvalue weighted by Gasteiger charge is 2.24. The molecule has 0 radical (unpaired) electrons. The van der Waals surface area contributed by atoms with Gasteiger partial charge in [0.15, 0.2) is 0 Å². The molecule has 1 aliphatic rings. The van der Waals surface area contributed by atoms with Crippen LogP contribution in [-0.4, -0.2) is 58.0 Å². The third kappa shape index (κ3) is 2.47. The van der Waals surface area contributed by atoms with E-state index in [4.69, 9.17) is 0 Å². The molecule has 0 spiro atoms. The van der Waals surface area contributed by atoms with Crippen LogP contribution in [0.1, 0.15) is 0 Å². The Hall–Kier alpha value is -1.18. The van der Waals surface area contributed by atoms with Crippen LogP contribution in [0, 0.1) is 0 Å². The van der Waals surface area contributed by atoms with E-state index in [0.29, 0.717) is 0 Å². The lowest BCUT2D eigenvalue weighted by Gasteiger charge is -2.31. The third-order valence-electron chi connectivity index (χ3n) is 2.98. The number of piperazine rings is 1. The molecule has 0 bridgehead atoms. The Kier molecular flexibility index (Phi) is 3.84. The predicted molar refractivity (Wildman–Crippen MR) is 70.2 cm³/mol. The molecule has 7 heteroatoms. The Labute approximate surface area is 108 Å². The highest BCUT2D eigenvalue weighted by Crippen LogP contribution is 2.25. The summed E-state index contributed by atoms with van der Waals surface area (Å²) in [5, 5.41) is 3.25. The van der Waals surface area contributed by atoms with E-state index >= 15 is 0 Å². The zero-order valence-corrected chi connectivity index (χ0v) is 11.4. The van der Waals surface area contributed by atoms with E-state index in [-0.39, 0.29) is 4.90 Å². The summed E-state index contributed by atoms with van der Waals surface area (Å²) in [6, 6.07) is 1.77. The number of pyridine rings is 1. The molecule has 1 aromatic heterocycles. The summed E-state index contributed by atoms with van der Waals surface area (Å²) < 4.78 is 25.7. The van der Waals surface area contributed by atoms with E-state index in [2.05, 4.69) is 15.2 Å². The number of hydrogen-bond donors (Lipinski definition) is 1. The lowest BCUT2D eigenvalue weighted by molar-refractivity contribution is 0.518. The van der Waals surface area contributed by atoms with Crippen LogP contribution in [0.5, 0.6) is 0 Å². The molecule has 6 nitrogen and oxygen atoms in total. The first-order valence-corrected chi connectivity index (χ1v) is 7.29. The molecule has 0 aliphatic carbocycles. The molecule has 1 aliphatic heterocycles. The molecule has 1 N–H and O–H groups in total. The summed E-state index contributed by atoms with van der Waals surface area (Å²) in [4.78, 5) is 6.29. The predicted octanol–water partition coefficient (Wildman–Crippen LogP) is -0.258. The number of sulfonamides is 1. The minimum atomic E-state index is -3.45. The molecule has 18 heavy (non-hydrogen) atoms. The zero-order valence-electron chi connectivity index (χ0n) is 10.6. The van der Waals surface area contributed by atoms with Gasteiger partial charge in [0.05, 0.1) is 5.69 Å². The average molecular weight is 270 g/mol. The van der Waals surface area contributed by atoms with Crippen LogP contribution >= 0.6 is 0 Å². The molecule has 0 aromatic carbocycles. The largest absolute Gasteiger partial charge is 0.368 e. The van der Waals surface area contributed by atoms with Crippen LogP contribution in [0.15, 0.2) is 23.4 Å². The molecule has 100 valence electrons. The van der Waals surface area contributed by atoms with E-state index in [9.17, 15) is 8.42 Å². The standard InChI is InChI=1S/C11H18N4O2S/c1-14(2)18(16,17)11-9-13-4-3-10(11)15-7-5-12-6-8-15/h3-4,9,12H,5-8H2,1-2H3. The van der Waals surface area contributed by atoms with Crippen molar-refractivity contribution in [3.05, 3.63) is 18.5 Å². The minimum Gasteiger partial charge on any atom is -0.368 e. The fourth-order valence-electron chi connectivity index (χ4n) is 1.94. The van der Waals surface area contributed by atoms with Crippen LogP contribution in [0.25, 0.3) is 0 Å². The monoisotopic (exact) mass is 270 g/mol. The van der Waals surface area contributed by atoms with Gasteiger partial charge in [-0.3, -0.25) is 4.98 Å². The van der Waals surface area contributed by atoms with Crippen molar-refractivity contribution in [2.75, 3.05) is 45.2 Å². The first-order valence-electron chi connectivity index (χ1n) is 5.85. The van der Waals surface area contributed by atoms with Crippen molar-refractivity contribution < 1.29 is 8.42 Å². The van der Waals surface area contributed by atoms with Gasteiger partial charge in [-0.05, 0) is 6.07 Å². The lowest BCUT2D eigenvalue weighted by atomic mass is 10.3. The normalized spacial score (nSPS) is 17.2. The number of nitrogens with one attached hydrogen (secondary N) is 1. The molecular weight excluding hydrogens is 252 g/mol. The van der Waals surface area contributed by atoms with Crippen molar-refractivity contribution in [1.82, 2.24) is 14.6 Å². The number of hydrogen-bond acceptors (Lipinski definition) is 5. The molecule has 0 amide bonds. The van der Waals surface area contributed by atoms with E-state index < -0.39 is 10.0 Å². The number of anilines is 1. The molecule has 0 atom stereocenters. The van der Waals surface area contributed by atoms with Gasteiger partial charge in [-0.2, -0.15) is 0 Å². The van der Waals surface area contributed by atoms with Crippen LogP contribution in [0.3, 0.4) is 0 Å². The Morgan fingerprint density at radius 3 is 2.61 bits per heavy atom. The number of aromatic nitrogens is 1. The fourth-order valence-corrected chi connectivity index (χ4v) is 2.98. The third-order valence-corrected chi connectivity index (χ3v) is 4.81. The molecule has 1 aromatic rings. The van der Waals surface area contributed by atoms with E-state index in [0.717, 1.165) is 31.9 Å². The summed E-state index contributed by atoms with van der Waals surface area (Å²) in [7, 11) is -0.385. The van der Waals surface area contributed by atoms with Crippen molar-refractivity contribution in [2.24, 2.45) is 0 Å². The first-order chi connectivity index (χ1) is 8.53. The van der Waals surface area contributed by atoms with Crippen LogP contribution < -0.4 is 10.2 Å². The summed E-state index contributed by atoms with van der Waals surface area (Å²) in [5.41, 5.74) is 0.736. The maximum absolute atomic E-state index is 12.2. The molecule has 1 fully saturated rings. The van der Waals surface area contributed by atoms with E-state index in [1.165, 1.54) is 24.6 Å². The molecule has 0 saturated carbocycles. The second-order valence-electron chi connectivity index (χ2n) is 4.37. The van der Waals surface area contributed by atoms with Gasteiger partial charge in [0.25, 0.3) is 0 Å². The van der Waals surface area contributed by atoms with Gasteiger partial charge in [0.2, 0.25) is 10.0 Å². The van der Waals surface area contributed by atoms with Crippen molar-refractivity contribution in [3.8, 4) is 0 Å². The summed E-state index contributed by atoms with van der Waals surface area (Å²) >= 11 is 0. The number of nitrogens with zero attached hydrogens (tertiary/aromatic N) is 3. The molecule has 2 rings (SSSR count). The smallest absolute Gasteiger partial charge is 0.246 e. The van der Waals surface area contributed by atoms with Crippen molar-refractivity contribution >= 4 is 15.7 Å². The number of rotatable bonds is 3. The quantitative estimate of drug-likeness (QED) is 0.820. The molecule has 0 unspecified atom stereocenters. The molecule has 2 heterocycles. The van der Waals surface area contributed by atoms with Gasteiger partial charge < -0.3 is 10.2 Å². The summed E-state index contributed by atoms with van der Waals surface area (Å²) in [6.45, 7) is 3.34. The summed E-state index contributed by atoms with van der Waals surface area (Å²) in [5.74, 6) is 0.